The molecule has 0 saturated heterocycles. The molecule has 2 N–H and O–H groups in total. The second-order valence-corrected chi connectivity index (χ2v) is 4.70. The lowest BCUT2D eigenvalue weighted by Gasteiger charge is -2.23. The van der Waals surface area contributed by atoms with Gasteiger partial charge in [-0.05, 0) is 31.0 Å². The number of hydrogen-bond donors (Lipinski definition) is 2. The van der Waals surface area contributed by atoms with Crippen LogP contribution in [0.1, 0.15) is 12.8 Å². The number of aliphatic hydroxyl groups is 1. The molecule has 0 aliphatic heterocycles. The maximum atomic E-state index is 13.0. The van der Waals surface area contributed by atoms with Gasteiger partial charge in [-0.25, -0.2) is 4.39 Å². The number of anilines is 1. The third-order valence-corrected chi connectivity index (χ3v) is 2.95. The minimum absolute atomic E-state index is 0.250. The Morgan fingerprint density at radius 3 is 2.94 bits per heavy atom. The lowest BCUT2D eigenvalue weighted by atomic mass is 10.2. The molecule has 0 heterocycles. The quantitative estimate of drug-likeness (QED) is 0.786. The first-order valence-electron chi connectivity index (χ1n) is 6.03. The molecule has 3 nitrogen and oxygen atoms in total. The zero-order valence-corrected chi connectivity index (χ0v) is 10.1. The largest absolute Gasteiger partial charge is 0.390 e. The highest BCUT2D eigenvalue weighted by Crippen LogP contribution is 2.18. The summed E-state index contributed by atoms with van der Waals surface area (Å²) in [7, 11) is 1.86. The van der Waals surface area contributed by atoms with E-state index in [1.807, 2.05) is 18.0 Å². The average molecular weight is 238 g/mol. The minimum Gasteiger partial charge on any atom is -0.390 e. The van der Waals surface area contributed by atoms with Gasteiger partial charge in [-0.1, -0.05) is 6.07 Å². The number of aliphatic hydroxyl groups excluding tert-OH is 1. The third kappa shape index (κ3) is 3.98. The van der Waals surface area contributed by atoms with E-state index in [0.717, 1.165) is 5.69 Å². The first-order chi connectivity index (χ1) is 8.15. The standard InChI is InChI=1S/C13H19FN2O/c1-16(12-4-2-3-10(14)7-12)9-13(17)8-15-11-5-6-11/h2-4,7,11,13,15,17H,5-6,8-9H2,1H3. The Hall–Kier alpha value is -1.13. The van der Waals surface area contributed by atoms with Gasteiger partial charge in [0.05, 0.1) is 6.10 Å². The lowest BCUT2D eigenvalue weighted by Crippen LogP contribution is -2.37. The zero-order chi connectivity index (χ0) is 12.3. The van der Waals surface area contributed by atoms with Crippen molar-refractivity contribution in [3.63, 3.8) is 0 Å². The minimum atomic E-state index is -0.427. The Morgan fingerprint density at radius 1 is 1.53 bits per heavy atom. The lowest BCUT2D eigenvalue weighted by molar-refractivity contribution is 0.177. The number of hydrogen-bond acceptors (Lipinski definition) is 3. The summed E-state index contributed by atoms with van der Waals surface area (Å²) in [6.07, 6.45) is 2.00. The third-order valence-electron chi connectivity index (χ3n) is 2.95. The van der Waals surface area contributed by atoms with Gasteiger partial charge in [0.15, 0.2) is 0 Å². The van der Waals surface area contributed by atoms with E-state index in [1.165, 1.54) is 25.0 Å². The van der Waals surface area contributed by atoms with Crippen molar-refractivity contribution in [3.8, 4) is 0 Å². The molecular formula is C13H19FN2O. The highest BCUT2D eigenvalue weighted by atomic mass is 19.1. The molecule has 1 aliphatic carbocycles. The van der Waals surface area contributed by atoms with E-state index < -0.39 is 6.10 Å². The predicted octanol–water partition coefficient (Wildman–Crippen LogP) is 1.37. The topological polar surface area (TPSA) is 35.5 Å². The molecule has 1 aromatic carbocycles. The molecule has 0 aromatic heterocycles. The van der Waals surface area contributed by atoms with Crippen LogP contribution in [0.25, 0.3) is 0 Å². The van der Waals surface area contributed by atoms with Gasteiger partial charge in [-0.2, -0.15) is 0 Å². The normalized spacial score (nSPS) is 16.9. The van der Waals surface area contributed by atoms with Crippen molar-refractivity contribution in [2.24, 2.45) is 0 Å². The Kier molecular flexibility index (Phi) is 3.97. The van der Waals surface area contributed by atoms with Crippen LogP contribution in [0.3, 0.4) is 0 Å². The number of nitrogens with zero attached hydrogens (tertiary/aromatic N) is 1. The van der Waals surface area contributed by atoms with Crippen molar-refractivity contribution >= 4 is 5.69 Å². The summed E-state index contributed by atoms with van der Waals surface area (Å²) < 4.78 is 13.0. The Labute approximate surface area is 101 Å². The van der Waals surface area contributed by atoms with Gasteiger partial charge in [0.25, 0.3) is 0 Å². The van der Waals surface area contributed by atoms with Crippen molar-refractivity contribution < 1.29 is 9.50 Å². The van der Waals surface area contributed by atoms with Gasteiger partial charge >= 0.3 is 0 Å². The van der Waals surface area contributed by atoms with E-state index in [9.17, 15) is 9.50 Å². The fraction of sp³-hybridized carbons (Fsp3) is 0.538. The molecule has 0 bridgehead atoms. The molecule has 1 aromatic rings. The number of halogens is 1. The number of benzene rings is 1. The number of likely N-dealkylation sites (N-methyl/N-ethyl adjacent to an activating group) is 1. The summed E-state index contributed by atoms with van der Waals surface area (Å²) in [5, 5.41) is 13.1. The molecule has 94 valence electrons. The van der Waals surface area contributed by atoms with E-state index in [4.69, 9.17) is 0 Å². The van der Waals surface area contributed by atoms with Gasteiger partial charge in [0.1, 0.15) is 5.82 Å². The van der Waals surface area contributed by atoms with E-state index in [0.29, 0.717) is 19.1 Å². The van der Waals surface area contributed by atoms with Crippen molar-refractivity contribution in [2.45, 2.75) is 25.0 Å². The van der Waals surface area contributed by atoms with Crippen LogP contribution < -0.4 is 10.2 Å². The molecule has 2 rings (SSSR count). The Bertz CT molecular complexity index is 368. The summed E-state index contributed by atoms with van der Waals surface area (Å²) >= 11 is 0. The average Bonchev–Trinajstić information content (AvgIpc) is 3.10. The monoisotopic (exact) mass is 238 g/mol. The highest BCUT2D eigenvalue weighted by molar-refractivity contribution is 5.45. The maximum absolute atomic E-state index is 13.0. The van der Waals surface area contributed by atoms with Crippen LogP contribution in [-0.4, -0.2) is 37.4 Å². The molecule has 0 spiro atoms. The highest BCUT2D eigenvalue weighted by Gasteiger charge is 2.21. The second kappa shape index (κ2) is 5.47. The molecule has 1 fully saturated rings. The molecule has 1 atom stereocenters. The van der Waals surface area contributed by atoms with Gasteiger partial charge in [-0.3, -0.25) is 0 Å². The zero-order valence-electron chi connectivity index (χ0n) is 10.1. The van der Waals surface area contributed by atoms with Gasteiger partial charge in [0.2, 0.25) is 0 Å². The van der Waals surface area contributed by atoms with Gasteiger partial charge in [0, 0.05) is 31.9 Å². The van der Waals surface area contributed by atoms with E-state index in [1.54, 1.807) is 6.07 Å². The summed E-state index contributed by atoms with van der Waals surface area (Å²) in [5.41, 5.74) is 0.787. The fourth-order valence-electron chi connectivity index (χ4n) is 1.79. The SMILES string of the molecule is CN(CC(O)CNC1CC1)c1cccc(F)c1. The number of nitrogens with one attached hydrogen (secondary N) is 1. The molecule has 1 unspecified atom stereocenters. The molecule has 4 heteroatoms. The second-order valence-electron chi connectivity index (χ2n) is 4.70. The maximum Gasteiger partial charge on any atom is 0.125 e. The molecule has 0 radical (unpaired) electrons. The van der Waals surface area contributed by atoms with Gasteiger partial charge < -0.3 is 15.3 Å². The van der Waals surface area contributed by atoms with Crippen LogP contribution in [0, 0.1) is 5.82 Å². The Balaban J connectivity index is 1.80. The van der Waals surface area contributed by atoms with Crippen LogP contribution in [0.5, 0.6) is 0 Å². The van der Waals surface area contributed by atoms with Crippen LogP contribution in [0.2, 0.25) is 0 Å². The summed E-state index contributed by atoms with van der Waals surface area (Å²) in [6, 6.07) is 7.01. The first kappa shape index (κ1) is 12.3. The van der Waals surface area contributed by atoms with Crippen LogP contribution in [-0.2, 0) is 0 Å². The van der Waals surface area contributed by atoms with Crippen LogP contribution in [0.4, 0.5) is 10.1 Å². The Morgan fingerprint density at radius 2 is 2.29 bits per heavy atom. The smallest absolute Gasteiger partial charge is 0.125 e. The fourth-order valence-corrected chi connectivity index (χ4v) is 1.79. The first-order valence-corrected chi connectivity index (χ1v) is 6.03. The van der Waals surface area contributed by atoms with E-state index in [2.05, 4.69) is 5.32 Å². The van der Waals surface area contributed by atoms with Crippen LogP contribution >= 0.6 is 0 Å². The van der Waals surface area contributed by atoms with Gasteiger partial charge in [-0.15, -0.1) is 0 Å². The number of rotatable bonds is 6. The summed E-state index contributed by atoms with van der Waals surface area (Å²) in [4.78, 5) is 1.86. The molecule has 1 aliphatic rings. The molecular weight excluding hydrogens is 219 g/mol. The molecule has 17 heavy (non-hydrogen) atoms. The van der Waals surface area contributed by atoms with Crippen molar-refractivity contribution in [1.29, 1.82) is 0 Å². The summed E-state index contributed by atoms with van der Waals surface area (Å²) in [5.74, 6) is -0.250. The van der Waals surface area contributed by atoms with E-state index in [-0.39, 0.29) is 5.82 Å². The van der Waals surface area contributed by atoms with E-state index >= 15 is 0 Å². The predicted molar refractivity (Wildman–Crippen MR) is 66.7 cm³/mol. The van der Waals surface area contributed by atoms with Crippen molar-refractivity contribution in [2.75, 3.05) is 25.0 Å². The summed E-state index contributed by atoms with van der Waals surface area (Å²) in [6.45, 7) is 1.10. The van der Waals surface area contributed by atoms with Crippen molar-refractivity contribution in [1.82, 2.24) is 5.32 Å². The molecule has 0 amide bonds. The van der Waals surface area contributed by atoms with Crippen molar-refractivity contribution in [3.05, 3.63) is 30.1 Å². The van der Waals surface area contributed by atoms with Crippen LogP contribution in [0.15, 0.2) is 24.3 Å². The molecule has 1 saturated carbocycles.